The number of rotatable bonds is 2. The fraction of sp³-hybridized carbons (Fsp3) is 0.333. The van der Waals surface area contributed by atoms with Crippen LogP contribution >= 0.6 is 11.8 Å². The van der Waals surface area contributed by atoms with Crippen molar-refractivity contribution in [3.8, 4) is 0 Å². The molecule has 1 aliphatic heterocycles. The lowest BCUT2D eigenvalue weighted by Gasteiger charge is -2.08. The van der Waals surface area contributed by atoms with Gasteiger partial charge < -0.3 is 4.89 Å². The largest absolute Gasteiger partial charge is 0.313 e. The third-order valence-electron chi connectivity index (χ3n) is 0.606. The second-order valence-electron chi connectivity index (χ2n) is 1.01. The highest BCUT2D eigenvalue weighted by molar-refractivity contribution is 8.04. The van der Waals surface area contributed by atoms with Gasteiger partial charge in [0.2, 0.25) is 0 Å². The lowest BCUT2D eigenvalue weighted by Crippen LogP contribution is -2.03. The number of hydrogen-bond acceptors (Lipinski definition) is 4. The molecule has 0 spiro atoms. The van der Waals surface area contributed by atoms with Crippen molar-refractivity contribution in [2.45, 2.75) is 0 Å². The van der Waals surface area contributed by atoms with Gasteiger partial charge in [0, 0.05) is 5.75 Å². The number of thioether (sulfide) groups is 1. The van der Waals surface area contributed by atoms with Gasteiger partial charge in [-0.1, -0.05) is 16.8 Å². The van der Waals surface area contributed by atoms with Gasteiger partial charge in [-0.2, -0.15) is 5.90 Å². The molecule has 0 aromatic rings. The predicted octanol–water partition coefficient (Wildman–Crippen LogP) is 0.397. The van der Waals surface area contributed by atoms with Gasteiger partial charge in [0.1, 0.15) is 0 Å². The van der Waals surface area contributed by atoms with Crippen LogP contribution in [-0.2, 0) is 9.88 Å². The lowest BCUT2D eigenvalue weighted by atomic mass is 10.7. The first-order chi connectivity index (χ1) is 3.43. The summed E-state index contributed by atoms with van der Waals surface area (Å²) < 4.78 is 0. The Morgan fingerprint density at radius 2 is 2.57 bits per heavy atom. The molecule has 4 heteroatoms. The number of nitrogens with two attached hydrogens (primary N) is 1. The van der Waals surface area contributed by atoms with E-state index in [4.69, 9.17) is 0 Å². The maximum atomic E-state index is 4.56. The van der Waals surface area contributed by atoms with Crippen molar-refractivity contribution in [3.05, 3.63) is 11.2 Å². The Morgan fingerprint density at radius 1 is 1.86 bits per heavy atom. The van der Waals surface area contributed by atoms with E-state index in [1.807, 2.05) is 6.08 Å². The minimum Gasteiger partial charge on any atom is -0.313 e. The molecule has 0 saturated heterocycles. The molecule has 2 N–H and O–H groups in total. The van der Waals surface area contributed by atoms with Gasteiger partial charge in [-0.25, -0.2) is 0 Å². The average molecular weight is 119 g/mol. The first kappa shape index (κ1) is 4.96. The van der Waals surface area contributed by atoms with Gasteiger partial charge >= 0.3 is 0 Å². The molecule has 0 aromatic heterocycles. The second-order valence-corrected chi connectivity index (χ2v) is 2.04. The van der Waals surface area contributed by atoms with E-state index in [1.165, 1.54) is 0 Å². The maximum absolute atomic E-state index is 4.56. The molecule has 3 nitrogen and oxygen atoms in total. The van der Waals surface area contributed by atoms with Gasteiger partial charge in [-0.05, 0) is 6.08 Å². The summed E-state index contributed by atoms with van der Waals surface area (Å²) in [7, 11) is 0. The third kappa shape index (κ3) is 1.09. The minimum atomic E-state index is 0.752. The summed E-state index contributed by atoms with van der Waals surface area (Å²) in [6, 6.07) is 0. The van der Waals surface area contributed by atoms with Crippen molar-refractivity contribution < 1.29 is 9.88 Å². The van der Waals surface area contributed by atoms with E-state index in [0.29, 0.717) is 0 Å². The summed E-state index contributed by atoms with van der Waals surface area (Å²) in [5, 5.41) is 0.752. The maximum Gasteiger partial charge on any atom is 0.198 e. The molecule has 0 amide bonds. The molecular formula is C3H5NO2S. The van der Waals surface area contributed by atoms with E-state index in [2.05, 4.69) is 15.8 Å². The van der Waals surface area contributed by atoms with Crippen LogP contribution in [0.2, 0.25) is 0 Å². The Morgan fingerprint density at radius 3 is 2.71 bits per heavy atom. The normalized spacial score (nSPS) is 17.6. The molecule has 0 aliphatic carbocycles. The van der Waals surface area contributed by atoms with Crippen molar-refractivity contribution in [1.82, 2.24) is 0 Å². The van der Waals surface area contributed by atoms with E-state index >= 15 is 0 Å². The van der Waals surface area contributed by atoms with E-state index in [1.54, 1.807) is 11.8 Å². The number of hydrogen-bond donors (Lipinski definition) is 1. The van der Waals surface area contributed by atoms with Crippen molar-refractivity contribution in [3.63, 3.8) is 0 Å². The molecule has 0 atom stereocenters. The summed E-state index contributed by atoms with van der Waals surface area (Å²) in [6.45, 7) is 0. The first-order valence-corrected chi connectivity index (χ1v) is 2.78. The Hall–Kier alpha value is -0.190. The standard InChI is InChI=1S/C3H5NO2S/c4-6-5-3-1-2-7-3/h1H,2,4H2. The van der Waals surface area contributed by atoms with E-state index < -0.39 is 0 Å². The minimum absolute atomic E-state index is 0.752. The summed E-state index contributed by atoms with van der Waals surface area (Å²) in [6.07, 6.45) is 1.89. The molecule has 0 radical (unpaired) electrons. The fourth-order valence-electron chi connectivity index (χ4n) is 0.257. The Bertz CT molecular complexity index is 92.9. The molecule has 0 aromatic carbocycles. The Balaban J connectivity index is 2.15. The monoisotopic (exact) mass is 119 g/mol. The SMILES string of the molecule is NOOC1=CCS1. The van der Waals surface area contributed by atoms with Gasteiger partial charge in [-0.3, -0.25) is 0 Å². The topological polar surface area (TPSA) is 44.5 Å². The summed E-state index contributed by atoms with van der Waals surface area (Å²) >= 11 is 1.56. The molecular weight excluding hydrogens is 114 g/mol. The van der Waals surface area contributed by atoms with Crippen LogP contribution in [0.5, 0.6) is 0 Å². The Kier molecular flexibility index (Phi) is 1.56. The molecule has 0 saturated carbocycles. The van der Waals surface area contributed by atoms with Crippen LogP contribution in [0.1, 0.15) is 0 Å². The Labute approximate surface area is 45.3 Å². The van der Waals surface area contributed by atoms with Crippen LogP contribution in [0.15, 0.2) is 11.2 Å². The zero-order valence-corrected chi connectivity index (χ0v) is 4.40. The zero-order chi connectivity index (χ0) is 5.11. The molecule has 1 aliphatic rings. The highest BCUT2D eigenvalue weighted by Gasteiger charge is 2.06. The van der Waals surface area contributed by atoms with Gasteiger partial charge in [0.15, 0.2) is 5.09 Å². The van der Waals surface area contributed by atoms with Crippen LogP contribution < -0.4 is 5.90 Å². The molecule has 0 unspecified atom stereocenters. The predicted molar refractivity (Wildman–Crippen MR) is 26.9 cm³/mol. The van der Waals surface area contributed by atoms with E-state index in [9.17, 15) is 0 Å². The van der Waals surface area contributed by atoms with Crippen LogP contribution in [0.3, 0.4) is 0 Å². The highest BCUT2D eigenvalue weighted by atomic mass is 32.2. The van der Waals surface area contributed by atoms with Crippen LogP contribution in [-0.4, -0.2) is 5.75 Å². The van der Waals surface area contributed by atoms with Gasteiger partial charge in [0.05, 0.1) is 0 Å². The van der Waals surface area contributed by atoms with E-state index in [0.717, 1.165) is 10.8 Å². The second kappa shape index (κ2) is 2.20. The molecule has 7 heavy (non-hydrogen) atoms. The molecule has 40 valence electrons. The van der Waals surface area contributed by atoms with Crippen LogP contribution in [0, 0.1) is 0 Å². The molecule has 0 bridgehead atoms. The first-order valence-electron chi connectivity index (χ1n) is 1.80. The smallest absolute Gasteiger partial charge is 0.198 e. The molecule has 1 heterocycles. The fourth-order valence-corrected chi connectivity index (χ4v) is 0.647. The van der Waals surface area contributed by atoms with Crippen molar-refractivity contribution in [2.75, 3.05) is 5.75 Å². The van der Waals surface area contributed by atoms with Gasteiger partial charge in [-0.15, -0.1) is 0 Å². The third-order valence-corrected chi connectivity index (χ3v) is 1.46. The summed E-state index contributed by atoms with van der Waals surface area (Å²) in [5.74, 6) is 5.56. The molecule has 1 rings (SSSR count). The van der Waals surface area contributed by atoms with Crippen LogP contribution in [0.25, 0.3) is 0 Å². The van der Waals surface area contributed by atoms with Crippen molar-refractivity contribution >= 4 is 11.8 Å². The van der Waals surface area contributed by atoms with Crippen LogP contribution in [0.4, 0.5) is 0 Å². The summed E-state index contributed by atoms with van der Waals surface area (Å²) in [4.78, 5) is 8.24. The zero-order valence-electron chi connectivity index (χ0n) is 3.59. The molecule has 0 fully saturated rings. The van der Waals surface area contributed by atoms with Gasteiger partial charge in [0.25, 0.3) is 0 Å². The van der Waals surface area contributed by atoms with Crippen molar-refractivity contribution in [1.29, 1.82) is 0 Å². The average Bonchev–Trinajstić information content (AvgIpc) is 1.55. The highest BCUT2D eigenvalue weighted by Crippen LogP contribution is 2.25. The summed E-state index contributed by atoms with van der Waals surface area (Å²) in [5.41, 5.74) is 0. The van der Waals surface area contributed by atoms with E-state index in [-0.39, 0.29) is 0 Å². The quantitative estimate of drug-likeness (QED) is 0.422. The van der Waals surface area contributed by atoms with Crippen molar-refractivity contribution in [2.24, 2.45) is 5.90 Å². The lowest BCUT2D eigenvalue weighted by molar-refractivity contribution is -0.258.